The molecule has 9 heteroatoms. The fourth-order valence-corrected chi connectivity index (χ4v) is 3.60. The second-order valence-corrected chi connectivity index (χ2v) is 7.52. The molecule has 0 saturated carbocycles. The van der Waals surface area contributed by atoms with E-state index in [9.17, 15) is 23.6 Å². The number of non-ortho nitro benzene ring substituents is 1. The number of benzene rings is 1. The highest BCUT2D eigenvalue weighted by molar-refractivity contribution is 7.89. The predicted octanol–water partition coefficient (Wildman–Crippen LogP) is 1.77. The summed E-state index contributed by atoms with van der Waals surface area (Å²) in [6, 6.07) is 6.95. The number of furan rings is 1. The van der Waals surface area contributed by atoms with Crippen molar-refractivity contribution in [3.63, 3.8) is 0 Å². The summed E-state index contributed by atoms with van der Waals surface area (Å²) in [5, 5.41) is 21.1. The highest BCUT2D eigenvalue weighted by Gasteiger charge is 2.27. The number of rotatable bonds is 7. The summed E-state index contributed by atoms with van der Waals surface area (Å²) in [6.07, 6.45) is 1.58. The molecule has 0 spiro atoms. The van der Waals surface area contributed by atoms with Gasteiger partial charge in [-0.1, -0.05) is 6.07 Å². The van der Waals surface area contributed by atoms with E-state index >= 15 is 0 Å². The quantitative estimate of drug-likeness (QED) is 0.577. The van der Waals surface area contributed by atoms with Crippen molar-refractivity contribution in [2.45, 2.75) is 30.8 Å². The first-order valence-corrected chi connectivity index (χ1v) is 8.58. The van der Waals surface area contributed by atoms with Crippen molar-refractivity contribution in [3.8, 4) is 0 Å². The topological polar surface area (TPSA) is 123 Å². The zero-order chi connectivity index (χ0) is 18.0. The minimum Gasteiger partial charge on any atom is -0.469 e. The Balaban J connectivity index is 2.16. The number of aliphatic hydroxyl groups is 1. The molecule has 1 aromatic heterocycles. The first-order chi connectivity index (χ1) is 11.1. The van der Waals surface area contributed by atoms with E-state index < -0.39 is 20.5 Å². The van der Waals surface area contributed by atoms with Crippen molar-refractivity contribution < 1.29 is 22.9 Å². The van der Waals surface area contributed by atoms with E-state index in [0.717, 1.165) is 6.07 Å². The fourth-order valence-electron chi connectivity index (χ4n) is 2.17. The van der Waals surface area contributed by atoms with Gasteiger partial charge in [0.1, 0.15) is 5.76 Å². The van der Waals surface area contributed by atoms with Crippen molar-refractivity contribution in [3.05, 3.63) is 58.0 Å². The van der Waals surface area contributed by atoms with E-state index in [1.807, 2.05) is 0 Å². The van der Waals surface area contributed by atoms with Crippen LogP contribution < -0.4 is 4.72 Å². The average molecular weight is 354 g/mol. The molecular formula is C15H18N2O6S. The number of nitro benzene ring substituents is 1. The highest BCUT2D eigenvalue weighted by Crippen LogP contribution is 2.22. The molecule has 0 radical (unpaired) electrons. The molecule has 8 nitrogen and oxygen atoms in total. The molecule has 1 heterocycles. The van der Waals surface area contributed by atoms with E-state index in [1.54, 1.807) is 19.1 Å². The van der Waals surface area contributed by atoms with Crippen LogP contribution in [-0.2, 0) is 16.4 Å². The molecule has 2 rings (SSSR count). The van der Waals surface area contributed by atoms with Crippen LogP contribution in [0.5, 0.6) is 0 Å². The van der Waals surface area contributed by atoms with Crippen LogP contribution in [-0.4, -0.2) is 30.6 Å². The van der Waals surface area contributed by atoms with Crippen LogP contribution in [0.2, 0.25) is 0 Å². The van der Waals surface area contributed by atoms with Gasteiger partial charge in [0, 0.05) is 25.1 Å². The molecule has 0 aliphatic heterocycles. The van der Waals surface area contributed by atoms with Gasteiger partial charge in [-0.15, -0.1) is 0 Å². The zero-order valence-corrected chi connectivity index (χ0v) is 14.0. The van der Waals surface area contributed by atoms with Gasteiger partial charge in [0.05, 0.1) is 21.7 Å². The number of nitrogens with zero attached hydrogens (tertiary/aromatic N) is 1. The van der Waals surface area contributed by atoms with Gasteiger partial charge in [0.15, 0.2) is 0 Å². The van der Waals surface area contributed by atoms with Crippen LogP contribution in [0, 0.1) is 17.0 Å². The van der Waals surface area contributed by atoms with Crippen LogP contribution >= 0.6 is 0 Å². The molecule has 2 N–H and O–H groups in total. The van der Waals surface area contributed by atoms with Crippen LogP contribution in [0.25, 0.3) is 0 Å². The maximum atomic E-state index is 12.4. The summed E-state index contributed by atoms with van der Waals surface area (Å²) in [5.41, 5.74) is -1.32. The molecule has 1 atom stereocenters. The van der Waals surface area contributed by atoms with Gasteiger partial charge in [0.2, 0.25) is 10.0 Å². The van der Waals surface area contributed by atoms with Crippen LogP contribution in [0.4, 0.5) is 5.69 Å². The largest absolute Gasteiger partial charge is 0.469 e. The molecule has 1 unspecified atom stereocenters. The Morgan fingerprint density at radius 3 is 2.67 bits per heavy atom. The number of hydrogen-bond acceptors (Lipinski definition) is 6. The van der Waals surface area contributed by atoms with Gasteiger partial charge in [-0.05, 0) is 31.5 Å². The Morgan fingerprint density at radius 2 is 2.08 bits per heavy atom. The van der Waals surface area contributed by atoms with E-state index in [1.165, 1.54) is 25.3 Å². The molecule has 0 saturated heterocycles. The van der Waals surface area contributed by atoms with Gasteiger partial charge in [-0.25, -0.2) is 13.1 Å². The monoisotopic (exact) mass is 354 g/mol. The predicted molar refractivity (Wildman–Crippen MR) is 86.1 cm³/mol. The molecule has 0 fully saturated rings. The second-order valence-electron chi connectivity index (χ2n) is 5.78. The molecule has 0 amide bonds. The van der Waals surface area contributed by atoms with Crippen molar-refractivity contribution >= 4 is 15.7 Å². The van der Waals surface area contributed by atoms with Gasteiger partial charge in [-0.3, -0.25) is 10.1 Å². The van der Waals surface area contributed by atoms with E-state index in [4.69, 9.17) is 4.42 Å². The van der Waals surface area contributed by atoms with Gasteiger partial charge >= 0.3 is 0 Å². The smallest absolute Gasteiger partial charge is 0.270 e. The summed E-state index contributed by atoms with van der Waals surface area (Å²) < 4.78 is 32.2. The molecule has 0 bridgehead atoms. The first kappa shape index (κ1) is 18.1. The van der Waals surface area contributed by atoms with E-state index in [-0.39, 0.29) is 23.5 Å². The fraction of sp³-hybridized carbons (Fsp3) is 0.333. The minimum absolute atomic E-state index is 0.121. The molecule has 2 aromatic rings. The first-order valence-electron chi connectivity index (χ1n) is 7.10. The maximum Gasteiger partial charge on any atom is 0.270 e. The highest BCUT2D eigenvalue weighted by atomic mass is 32.2. The number of nitrogens with one attached hydrogen (secondary N) is 1. The summed E-state index contributed by atoms with van der Waals surface area (Å²) in [6.45, 7) is 2.75. The molecule has 0 aliphatic carbocycles. The third-order valence-electron chi connectivity index (χ3n) is 3.45. The normalized spacial score (nSPS) is 14.3. The Morgan fingerprint density at radius 1 is 1.38 bits per heavy atom. The number of nitro groups is 1. The Labute approximate surface area is 139 Å². The van der Waals surface area contributed by atoms with Crippen molar-refractivity contribution in [1.29, 1.82) is 0 Å². The summed E-state index contributed by atoms with van der Waals surface area (Å²) in [5.74, 6) is 0.519. The average Bonchev–Trinajstić information content (AvgIpc) is 2.97. The number of aryl methyl sites for hydroxylation is 1. The molecule has 130 valence electrons. The number of sulfonamides is 1. The molecule has 1 aromatic carbocycles. The Bertz CT molecular complexity index is 828. The molecule has 24 heavy (non-hydrogen) atoms. The van der Waals surface area contributed by atoms with Crippen molar-refractivity contribution in [2.24, 2.45) is 0 Å². The SMILES string of the molecule is Cc1ccc([N+](=O)[O-])cc1S(=O)(=O)NCC(C)(O)Cc1ccco1. The maximum absolute atomic E-state index is 12.4. The molecular weight excluding hydrogens is 336 g/mol. The minimum atomic E-state index is -4.00. The van der Waals surface area contributed by atoms with Crippen molar-refractivity contribution in [1.82, 2.24) is 4.72 Å². The second kappa shape index (κ2) is 6.71. The lowest BCUT2D eigenvalue weighted by Crippen LogP contribution is -2.42. The third kappa shape index (κ3) is 4.40. The van der Waals surface area contributed by atoms with Gasteiger partial charge in [-0.2, -0.15) is 0 Å². The lowest BCUT2D eigenvalue weighted by atomic mass is 10.0. The van der Waals surface area contributed by atoms with Crippen LogP contribution in [0.15, 0.2) is 45.9 Å². The Kier molecular flexibility index (Phi) is 5.07. The van der Waals surface area contributed by atoms with Crippen LogP contribution in [0.3, 0.4) is 0 Å². The lowest BCUT2D eigenvalue weighted by molar-refractivity contribution is -0.385. The van der Waals surface area contributed by atoms with Gasteiger partial charge < -0.3 is 9.52 Å². The third-order valence-corrected chi connectivity index (χ3v) is 4.99. The lowest BCUT2D eigenvalue weighted by Gasteiger charge is -2.22. The van der Waals surface area contributed by atoms with E-state index in [2.05, 4.69) is 4.72 Å². The van der Waals surface area contributed by atoms with Gasteiger partial charge in [0.25, 0.3) is 5.69 Å². The Hall–Kier alpha value is -2.23. The standard InChI is InChI=1S/C15H18N2O6S/c1-11-5-6-12(17(19)20)8-14(11)24(21,22)16-10-15(2,18)9-13-4-3-7-23-13/h3-8,16,18H,9-10H2,1-2H3. The summed E-state index contributed by atoms with van der Waals surface area (Å²) in [4.78, 5) is 9.98. The zero-order valence-electron chi connectivity index (χ0n) is 13.2. The summed E-state index contributed by atoms with van der Waals surface area (Å²) >= 11 is 0. The summed E-state index contributed by atoms with van der Waals surface area (Å²) in [7, 11) is -4.00. The van der Waals surface area contributed by atoms with Crippen LogP contribution in [0.1, 0.15) is 18.2 Å². The number of hydrogen-bond donors (Lipinski definition) is 2. The van der Waals surface area contributed by atoms with E-state index in [0.29, 0.717) is 11.3 Å². The van der Waals surface area contributed by atoms with Crippen molar-refractivity contribution in [2.75, 3.05) is 6.54 Å². The molecule has 0 aliphatic rings.